The van der Waals surface area contributed by atoms with Gasteiger partial charge in [0.2, 0.25) is 0 Å². The lowest BCUT2D eigenvalue weighted by atomic mass is 10.2. The highest BCUT2D eigenvalue weighted by Crippen LogP contribution is 2.35. The van der Waals surface area contributed by atoms with Gasteiger partial charge >= 0.3 is 5.97 Å². The molecule has 0 aromatic heterocycles. The molecule has 6 heteroatoms. The maximum absolute atomic E-state index is 12.4. The van der Waals surface area contributed by atoms with Crippen LogP contribution in [-0.2, 0) is 14.6 Å². The van der Waals surface area contributed by atoms with Gasteiger partial charge in [-0.2, -0.15) is 0 Å². The van der Waals surface area contributed by atoms with E-state index in [1.807, 2.05) is 11.8 Å². The molecule has 0 saturated heterocycles. The molecular weight excluding hydrogens is 290 g/mol. The van der Waals surface area contributed by atoms with Crippen LogP contribution in [0.5, 0.6) is 0 Å². The molecule has 116 valence electrons. The van der Waals surface area contributed by atoms with Gasteiger partial charge in [-0.25, -0.2) is 8.42 Å². The number of aliphatic carboxylic acids is 1. The maximum Gasteiger partial charge on any atom is 0.305 e. The van der Waals surface area contributed by atoms with Crippen LogP contribution in [0.2, 0.25) is 0 Å². The van der Waals surface area contributed by atoms with Crippen molar-refractivity contribution in [3.8, 4) is 0 Å². The van der Waals surface area contributed by atoms with Crippen LogP contribution < -0.4 is 4.90 Å². The van der Waals surface area contributed by atoms with Crippen LogP contribution in [0.25, 0.3) is 0 Å². The smallest absolute Gasteiger partial charge is 0.305 e. The topological polar surface area (TPSA) is 74.7 Å². The van der Waals surface area contributed by atoms with Gasteiger partial charge in [0.15, 0.2) is 9.84 Å². The van der Waals surface area contributed by atoms with E-state index in [1.165, 1.54) is 0 Å². The molecule has 0 heterocycles. The Labute approximate surface area is 125 Å². The summed E-state index contributed by atoms with van der Waals surface area (Å²) in [4.78, 5) is 13.1. The van der Waals surface area contributed by atoms with Gasteiger partial charge in [-0.05, 0) is 31.4 Å². The van der Waals surface area contributed by atoms with Crippen LogP contribution in [0.1, 0.15) is 32.6 Å². The van der Waals surface area contributed by atoms with Gasteiger partial charge in [0, 0.05) is 12.6 Å². The van der Waals surface area contributed by atoms with Gasteiger partial charge in [-0.3, -0.25) is 4.79 Å². The van der Waals surface area contributed by atoms with Crippen molar-refractivity contribution in [3.63, 3.8) is 0 Å². The molecule has 0 bridgehead atoms. The number of hydrogen-bond acceptors (Lipinski definition) is 4. The van der Waals surface area contributed by atoms with Crippen molar-refractivity contribution in [1.29, 1.82) is 0 Å². The Morgan fingerprint density at radius 1 is 1.33 bits per heavy atom. The van der Waals surface area contributed by atoms with Gasteiger partial charge in [-0.15, -0.1) is 0 Å². The molecular formula is C15H21NO4S. The third-order valence-corrected chi connectivity index (χ3v) is 5.50. The number of carboxylic acids is 1. The quantitative estimate of drug-likeness (QED) is 0.797. The average Bonchev–Trinajstić information content (AvgIpc) is 3.24. The van der Waals surface area contributed by atoms with E-state index in [0.29, 0.717) is 23.5 Å². The zero-order valence-electron chi connectivity index (χ0n) is 12.2. The lowest BCUT2D eigenvalue weighted by Crippen LogP contribution is -2.30. The fourth-order valence-electron chi connectivity index (χ4n) is 2.44. The molecule has 5 nitrogen and oxygen atoms in total. The Kier molecular flexibility index (Phi) is 4.88. The maximum atomic E-state index is 12.4. The van der Waals surface area contributed by atoms with Crippen LogP contribution in [0, 0.1) is 0 Å². The number of benzene rings is 1. The Bertz CT molecular complexity index is 608. The molecule has 0 unspecified atom stereocenters. The van der Waals surface area contributed by atoms with Gasteiger partial charge in [0.1, 0.15) is 0 Å². The largest absolute Gasteiger partial charge is 0.481 e. The monoisotopic (exact) mass is 311 g/mol. The van der Waals surface area contributed by atoms with Crippen molar-refractivity contribution < 1.29 is 18.3 Å². The summed E-state index contributed by atoms with van der Waals surface area (Å²) in [7, 11) is -3.32. The normalized spacial score (nSPS) is 14.9. The number of carboxylic acid groups (broad SMARTS) is 1. The van der Waals surface area contributed by atoms with Crippen LogP contribution in [0.15, 0.2) is 29.2 Å². The molecule has 21 heavy (non-hydrogen) atoms. The molecule has 1 aromatic rings. The Morgan fingerprint density at radius 3 is 2.57 bits per heavy atom. The first-order valence-corrected chi connectivity index (χ1v) is 8.91. The van der Waals surface area contributed by atoms with E-state index in [1.54, 1.807) is 24.3 Å². The summed E-state index contributed by atoms with van der Waals surface area (Å²) in [6, 6.07) is 7.19. The minimum absolute atomic E-state index is 0.0126. The number of sulfone groups is 1. The first kappa shape index (κ1) is 15.8. The standard InChI is InChI=1S/C15H21NO4S/c1-2-11-21(19,20)14-6-4-3-5-13(14)16(12-7-8-12)10-9-15(17)18/h3-6,12H,2,7-11H2,1H3,(H,17,18). The Balaban J connectivity index is 2.34. The van der Waals surface area contributed by atoms with Gasteiger partial charge in [0.05, 0.1) is 22.8 Å². The molecule has 1 aliphatic carbocycles. The summed E-state index contributed by atoms with van der Waals surface area (Å²) < 4.78 is 24.8. The van der Waals surface area contributed by atoms with Gasteiger partial charge in [-0.1, -0.05) is 19.1 Å². The predicted octanol–water partition coefficient (Wildman–Crippen LogP) is 2.31. The zero-order chi connectivity index (χ0) is 15.5. The molecule has 1 fully saturated rings. The minimum Gasteiger partial charge on any atom is -0.481 e. The summed E-state index contributed by atoms with van der Waals surface area (Å²) in [5.41, 5.74) is 0.648. The van der Waals surface area contributed by atoms with E-state index in [-0.39, 0.29) is 18.2 Å². The van der Waals surface area contributed by atoms with Crippen molar-refractivity contribution in [1.82, 2.24) is 0 Å². The van der Waals surface area contributed by atoms with Crippen molar-refractivity contribution in [2.24, 2.45) is 0 Å². The first-order valence-electron chi connectivity index (χ1n) is 7.26. The van der Waals surface area contributed by atoms with Crippen LogP contribution >= 0.6 is 0 Å². The van der Waals surface area contributed by atoms with Crippen molar-refractivity contribution in [3.05, 3.63) is 24.3 Å². The summed E-state index contributed by atoms with van der Waals surface area (Å²) in [5, 5.41) is 8.88. The Morgan fingerprint density at radius 2 is 2.00 bits per heavy atom. The van der Waals surface area contributed by atoms with E-state index in [2.05, 4.69) is 0 Å². The van der Waals surface area contributed by atoms with Crippen molar-refractivity contribution in [2.45, 2.75) is 43.5 Å². The van der Waals surface area contributed by atoms with E-state index in [9.17, 15) is 13.2 Å². The lowest BCUT2D eigenvalue weighted by molar-refractivity contribution is -0.136. The highest BCUT2D eigenvalue weighted by atomic mass is 32.2. The fourth-order valence-corrected chi connectivity index (χ4v) is 3.99. The highest BCUT2D eigenvalue weighted by Gasteiger charge is 2.32. The molecule has 0 amide bonds. The molecule has 0 spiro atoms. The van der Waals surface area contributed by atoms with Crippen molar-refractivity contribution >= 4 is 21.5 Å². The second-order valence-electron chi connectivity index (χ2n) is 5.35. The number of hydrogen-bond donors (Lipinski definition) is 1. The molecule has 0 atom stereocenters. The highest BCUT2D eigenvalue weighted by molar-refractivity contribution is 7.91. The third-order valence-electron chi connectivity index (χ3n) is 3.54. The fraction of sp³-hybridized carbons (Fsp3) is 0.533. The van der Waals surface area contributed by atoms with E-state index < -0.39 is 15.8 Å². The molecule has 1 aliphatic rings. The van der Waals surface area contributed by atoms with Gasteiger partial charge < -0.3 is 10.0 Å². The molecule has 1 aromatic carbocycles. The number of rotatable bonds is 8. The SMILES string of the molecule is CCCS(=O)(=O)c1ccccc1N(CCC(=O)O)C1CC1. The molecule has 2 rings (SSSR count). The summed E-state index contributed by atoms with van der Waals surface area (Å²) in [5.74, 6) is -0.754. The second kappa shape index (κ2) is 6.47. The number of carbonyl (C=O) groups is 1. The number of nitrogens with zero attached hydrogens (tertiary/aromatic N) is 1. The third kappa shape index (κ3) is 3.97. The lowest BCUT2D eigenvalue weighted by Gasteiger charge is -2.26. The van der Waals surface area contributed by atoms with Crippen LogP contribution in [0.3, 0.4) is 0 Å². The van der Waals surface area contributed by atoms with Gasteiger partial charge in [0.25, 0.3) is 0 Å². The minimum atomic E-state index is -3.32. The molecule has 0 radical (unpaired) electrons. The van der Waals surface area contributed by atoms with E-state index >= 15 is 0 Å². The number of anilines is 1. The Hall–Kier alpha value is -1.56. The summed E-state index contributed by atoms with van der Waals surface area (Å²) >= 11 is 0. The van der Waals surface area contributed by atoms with Crippen LogP contribution in [-0.4, -0.2) is 37.8 Å². The van der Waals surface area contributed by atoms with E-state index in [0.717, 1.165) is 12.8 Å². The molecule has 0 aliphatic heterocycles. The molecule has 1 N–H and O–H groups in total. The second-order valence-corrected chi connectivity index (χ2v) is 7.43. The number of para-hydroxylation sites is 1. The predicted molar refractivity (Wildman–Crippen MR) is 81.4 cm³/mol. The first-order chi connectivity index (χ1) is 9.95. The average molecular weight is 311 g/mol. The van der Waals surface area contributed by atoms with Crippen LogP contribution in [0.4, 0.5) is 5.69 Å². The van der Waals surface area contributed by atoms with E-state index in [4.69, 9.17) is 5.11 Å². The summed E-state index contributed by atoms with van der Waals surface area (Å²) in [6.45, 7) is 2.18. The molecule has 1 saturated carbocycles. The summed E-state index contributed by atoms with van der Waals surface area (Å²) in [6.07, 6.45) is 2.55. The van der Waals surface area contributed by atoms with Crippen molar-refractivity contribution in [2.75, 3.05) is 17.2 Å². The zero-order valence-corrected chi connectivity index (χ0v) is 13.0.